The standard InChI is InChI=1S/C11H20O/c1-8-3-4-11-9(2)6-12-7-10(11)5-8/h8-11H,3-7H2,1-2H3. The van der Waals surface area contributed by atoms with Crippen molar-refractivity contribution < 1.29 is 4.74 Å². The first-order chi connectivity index (χ1) is 5.77. The lowest BCUT2D eigenvalue weighted by Gasteiger charge is -2.41. The lowest BCUT2D eigenvalue weighted by molar-refractivity contribution is -0.0484. The summed E-state index contributed by atoms with van der Waals surface area (Å²) >= 11 is 0. The molecule has 70 valence electrons. The van der Waals surface area contributed by atoms with Crippen LogP contribution in [0.3, 0.4) is 0 Å². The first-order valence-electron chi connectivity index (χ1n) is 5.35. The van der Waals surface area contributed by atoms with E-state index in [0.717, 1.165) is 36.9 Å². The number of ether oxygens (including phenoxy) is 1. The Morgan fingerprint density at radius 1 is 1.08 bits per heavy atom. The molecule has 1 aliphatic carbocycles. The minimum Gasteiger partial charge on any atom is -0.381 e. The molecule has 1 nitrogen and oxygen atoms in total. The van der Waals surface area contributed by atoms with Crippen molar-refractivity contribution >= 4 is 0 Å². The Bertz CT molecular complexity index is 155. The topological polar surface area (TPSA) is 9.23 Å². The molecular weight excluding hydrogens is 148 g/mol. The zero-order valence-electron chi connectivity index (χ0n) is 8.25. The normalized spacial score (nSPS) is 48.5. The molecule has 0 aromatic carbocycles. The molecule has 1 saturated heterocycles. The van der Waals surface area contributed by atoms with E-state index in [0.29, 0.717) is 0 Å². The van der Waals surface area contributed by atoms with E-state index in [2.05, 4.69) is 13.8 Å². The van der Waals surface area contributed by atoms with Crippen molar-refractivity contribution in [3.05, 3.63) is 0 Å². The number of fused-ring (bicyclic) bond motifs is 1. The molecule has 1 heterocycles. The first-order valence-corrected chi connectivity index (χ1v) is 5.35. The van der Waals surface area contributed by atoms with Gasteiger partial charge in [0.1, 0.15) is 0 Å². The molecule has 12 heavy (non-hydrogen) atoms. The van der Waals surface area contributed by atoms with Gasteiger partial charge in [-0.05, 0) is 36.5 Å². The fraction of sp³-hybridized carbons (Fsp3) is 1.00. The molecule has 2 aliphatic rings. The average molecular weight is 168 g/mol. The largest absolute Gasteiger partial charge is 0.381 e. The van der Waals surface area contributed by atoms with Gasteiger partial charge in [-0.3, -0.25) is 0 Å². The lowest BCUT2D eigenvalue weighted by Crippen LogP contribution is -2.38. The summed E-state index contributed by atoms with van der Waals surface area (Å²) in [6, 6.07) is 0. The molecule has 0 radical (unpaired) electrons. The second-order valence-corrected chi connectivity index (χ2v) is 4.86. The summed E-state index contributed by atoms with van der Waals surface area (Å²) in [4.78, 5) is 0. The Morgan fingerprint density at radius 3 is 2.75 bits per heavy atom. The van der Waals surface area contributed by atoms with Crippen LogP contribution in [-0.2, 0) is 4.74 Å². The van der Waals surface area contributed by atoms with E-state index in [1.807, 2.05) is 0 Å². The summed E-state index contributed by atoms with van der Waals surface area (Å²) in [5.74, 6) is 3.63. The minimum absolute atomic E-state index is 0.816. The van der Waals surface area contributed by atoms with Crippen LogP contribution in [0.5, 0.6) is 0 Å². The van der Waals surface area contributed by atoms with Gasteiger partial charge in [0, 0.05) is 13.2 Å². The van der Waals surface area contributed by atoms with Gasteiger partial charge in [0.25, 0.3) is 0 Å². The molecule has 2 rings (SSSR count). The third kappa shape index (κ3) is 1.52. The molecule has 0 aromatic rings. The van der Waals surface area contributed by atoms with E-state index >= 15 is 0 Å². The maximum atomic E-state index is 5.60. The first kappa shape index (κ1) is 8.55. The van der Waals surface area contributed by atoms with Gasteiger partial charge in [0.15, 0.2) is 0 Å². The van der Waals surface area contributed by atoms with Gasteiger partial charge in [0.2, 0.25) is 0 Å². The highest BCUT2D eigenvalue weighted by molar-refractivity contribution is 4.84. The molecule has 2 fully saturated rings. The van der Waals surface area contributed by atoms with E-state index in [-0.39, 0.29) is 0 Å². The number of hydrogen-bond acceptors (Lipinski definition) is 1. The van der Waals surface area contributed by atoms with Crippen LogP contribution in [0.2, 0.25) is 0 Å². The monoisotopic (exact) mass is 168 g/mol. The Hall–Kier alpha value is -0.0400. The molecule has 0 aromatic heterocycles. The summed E-state index contributed by atoms with van der Waals surface area (Å²) in [5.41, 5.74) is 0. The van der Waals surface area contributed by atoms with Gasteiger partial charge in [0.05, 0.1) is 0 Å². The SMILES string of the molecule is CC1CCC2C(C)COCC2C1. The van der Waals surface area contributed by atoms with Crippen LogP contribution < -0.4 is 0 Å². The van der Waals surface area contributed by atoms with Crippen molar-refractivity contribution in [3.63, 3.8) is 0 Å². The number of rotatable bonds is 0. The van der Waals surface area contributed by atoms with Crippen LogP contribution in [0.4, 0.5) is 0 Å². The molecule has 4 atom stereocenters. The molecule has 0 bridgehead atoms. The second-order valence-electron chi connectivity index (χ2n) is 4.86. The Kier molecular flexibility index (Phi) is 2.40. The third-order valence-corrected chi connectivity index (χ3v) is 3.75. The van der Waals surface area contributed by atoms with Gasteiger partial charge in [-0.25, -0.2) is 0 Å². The molecular formula is C11H20O. The fourth-order valence-corrected chi connectivity index (χ4v) is 2.99. The number of hydrogen-bond donors (Lipinski definition) is 0. The maximum absolute atomic E-state index is 5.60. The van der Waals surface area contributed by atoms with Crippen LogP contribution in [0.25, 0.3) is 0 Å². The molecule has 4 unspecified atom stereocenters. The van der Waals surface area contributed by atoms with Crippen molar-refractivity contribution in [1.82, 2.24) is 0 Å². The van der Waals surface area contributed by atoms with Gasteiger partial charge in [-0.1, -0.05) is 20.3 Å². The van der Waals surface area contributed by atoms with E-state index in [9.17, 15) is 0 Å². The minimum atomic E-state index is 0.816. The molecule has 1 heteroatoms. The van der Waals surface area contributed by atoms with Crippen molar-refractivity contribution in [2.45, 2.75) is 33.1 Å². The van der Waals surface area contributed by atoms with Crippen molar-refractivity contribution in [2.24, 2.45) is 23.7 Å². The lowest BCUT2D eigenvalue weighted by atomic mass is 9.69. The van der Waals surface area contributed by atoms with Gasteiger partial charge in [-0.15, -0.1) is 0 Å². The molecule has 0 N–H and O–H groups in total. The summed E-state index contributed by atoms with van der Waals surface area (Å²) < 4.78 is 5.60. The van der Waals surface area contributed by atoms with Crippen molar-refractivity contribution in [3.8, 4) is 0 Å². The quantitative estimate of drug-likeness (QED) is 0.540. The van der Waals surface area contributed by atoms with Crippen LogP contribution in [-0.4, -0.2) is 13.2 Å². The third-order valence-electron chi connectivity index (χ3n) is 3.75. The van der Waals surface area contributed by atoms with Gasteiger partial charge >= 0.3 is 0 Å². The second kappa shape index (κ2) is 3.37. The summed E-state index contributed by atoms with van der Waals surface area (Å²) in [6.45, 7) is 6.79. The average Bonchev–Trinajstić information content (AvgIpc) is 2.04. The predicted octanol–water partition coefficient (Wildman–Crippen LogP) is 2.71. The van der Waals surface area contributed by atoms with E-state index in [1.165, 1.54) is 19.3 Å². The van der Waals surface area contributed by atoms with E-state index in [1.54, 1.807) is 0 Å². The van der Waals surface area contributed by atoms with Gasteiger partial charge < -0.3 is 4.74 Å². The zero-order valence-corrected chi connectivity index (χ0v) is 8.25. The Labute approximate surface area is 75.5 Å². The summed E-state index contributed by atoms with van der Waals surface area (Å²) in [5, 5.41) is 0. The Balaban J connectivity index is 1.99. The van der Waals surface area contributed by atoms with Crippen LogP contribution in [0.1, 0.15) is 33.1 Å². The summed E-state index contributed by atoms with van der Waals surface area (Å²) in [6.07, 6.45) is 4.32. The predicted molar refractivity (Wildman–Crippen MR) is 50.0 cm³/mol. The van der Waals surface area contributed by atoms with Crippen molar-refractivity contribution in [2.75, 3.05) is 13.2 Å². The van der Waals surface area contributed by atoms with Crippen LogP contribution in [0.15, 0.2) is 0 Å². The molecule has 1 saturated carbocycles. The molecule has 0 amide bonds. The van der Waals surface area contributed by atoms with Gasteiger partial charge in [-0.2, -0.15) is 0 Å². The smallest absolute Gasteiger partial charge is 0.0497 e. The highest BCUT2D eigenvalue weighted by atomic mass is 16.5. The maximum Gasteiger partial charge on any atom is 0.0497 e. The molecule has 0 spiro atoms. The van der Waals surface area contributed by atoms with Crippen LogP contribution in [0, 0.1) is 23.7 Å². The van der Waals surface area contributed by atoms with E-state index < -0.39 is 0 Å². The van der Waals surface area contributed by atoms with E-state index in [4.69, 9.17) is 4.74 Å². The fourth-order valence-electron chi connectivity index (χ4n) is 2.99. The Morgan fingerprint density at radius 2 is 1.92 bits per heavy atom. The zero-order chi connectivity index (χ0) is 8.55. The molecule has 1 aliphatic heterocycles. The highest BCUT2D eigenvalue weighted by Gasteiger charge is 2.35. The summed E-state index contributed by atoms with van der Waals surface area (Å²) in [7, 11) is 0. The highest BCUT2D eigenvalue weighted by Crippen LogP contribution is 2.40. The van der Waals surface area contributed by atoms with Crippen LogP contribution >= 0.6 is 0 Å². The van der Waals surface area contributed by atoms with Crippen molar-refractivity contribution in [1.29, 1.82) is 0 Å².